The molecular weight excluding hydrogens is 603 g/mol. The fourth-order valence-corrected chi connectivity index (χ4v) is 7.10. The first-order chi connectivity index (χ1) is 21.1. The highest BCUT2D eigenvalue weighted by Gasteiger charge is 2.28. The zero-order valence-corrected chi connectivity index (χ0v) is 25.4. The van der Waals surface area contributed by atoms with Crippen molar-refractivity contribution in [1.82, 2.24) is 0 Å². The number of benzene rings is 5. The molecule has 5 rings (SSSR count). The Hall–Kier alpha value is -5.07. The molecule has 0 aromatic heterocycles. The summed E-state index contributed by atoms with van der Waals surface area (Å²) in [5.41, 5.74) is 1.01. The van der Waals surface area contributed by atoms with Crippen molar-refractivity contribution in [1.29, 1.82) is 0 Å². The molecule has 0 fully saturated rings. The Morgan fingerprint density at radius 2 is 1.34 bits per heavy atom. The molecule has 0 aliphatic carbocycles. The summed E-state index contributed by atoms with van der Waals surface area (Å²) in [4.78, 5) is 13.0. The van der Waals surface area contributed by atoms with Crippen molar-refractivity contribution in [3.8, 4) is 11.5 Å². The lowest BCUT2D eigenvalue weighted by atomic mass is 10.1. The zero-order chi connectivity index (χ0) is 31.3. The van der Waals surface area contributed by atoms with Crippen LogP contribution in [0.5, 0.6) is 11.5 Å². The maximum Gasteiger partial charge on any atom is 0.264 e. The Labute approximate surface area is 256 Å². The Morgan fingerprint density at radius 1 is 0.705 bits per heavy atom. The summed E-state index contributed by atoms with van der Waals surface area (Å²) in [6.45, 7) is -0.552. The molecule has 0 saturated carbocycles. The van der Waals surface area contributed by atoms with Gasteiger partial charge in [-0.25, -0.2) is 16.8 Å². The predicted octanol–water partition coefficient (Wildman–Crippen LogP) is 5.49. The highest BCUT2D eigenvalue weighted by atomic mass is 32.2. The second-order valence-electron chi connectivity index (χ2n) is 9.57. The van der Waals surface area contributed by atoms with Crippen LogP contribution in [0.4, 0.5) is 17.1 Å². The van der Waals surface area contributed by atoms with E-state index in [-0.39, 0.29) is 26.9 Å². The van der Waals surface area contributed by atoms with E-state index in [4.69, 9.17) is 9.47 Å². The SMILES string of the molecule is COc1ccc(S(=O)(=O)N(CC(=O)Nc2ccc(S(=O)(=O)Nc3cccc4ccccc34)cc2)c2ccccc2)cc1OC. The molecule has 0 atom stereocenters. The van der Waals surface area contributed by atoms with Crippen molar-refractivity contribution >= 4 is 53.8 Å². The first-order valence-corrected chi connectivity index (χ1v) is 16.2. The number of hydrogen-bond donors (Lipinski definition) is 2. The van der Waals surface area contributed by atoms with Crippen molar-refractivity contribution in [2.24, 2.45) is 0 Å². The highest BCUT2D eigenvalue weighted by molar-refractivity contribution is 7.93. The third kappa shape index (κ3) is 6.46. The molecule has 1 amide bonds. The molecule has 0 bridgehead atoms. The molecule has 2 N–H and O–H groups in total. The number of amides is 1. The average molecular weight is 632 g/mol. The molecule has 5 aromatic rings. The van der Waals surface area contributed by atoms with Gasteiger partial charge in [0.2, 0.25) is 5.91 Å². The van der Waals surface area contributed by atoms with Crippen molar-refractivity contribution < 1.29 is 31.1 Å². The standard InChI is InChI=1S/C32H29N3O7S2/c1-41-30-20-19-27(21-31(30)42-2)44(39,40)35(25-11-4-3-5-12-25)22-32(36)33-24-15-17-26(18-16-24)43(37,38)34-29-14-8-10-23-9-6-7-13-28(23)29/h3-21,34H,22H2,1-2H3,(H,33,36). The fraction of sp³-hybridized carbons (Fsp3) is 0.0938. The minimum absolute atomic E-state index is 0.00891. The van der Waals surface area contributed by atoms with Crippen LogP contribution in [0.25, 0.3) is 10.8 Å². The Bertz CT molecular complexity index is 2010. The van der Waals surface area contributed by atoms with Gasteiger partial charge in [0.25, 0.3) is 20.0 Å². The summed E-state index contributed by atoms with van der Waals surface area (Å²) in [7, 11) is -5.32. The second-order valence-corrected chi connectivity index (χ2v) is 13.1. The summed E-state index contributed by atoms with van der Waals surface area (Å²) in [6, 6.07) is 30.7. The molecule has 0 heterocycles. The summed E-state index contributed by atoms with van der Waals surface area (Å²) in [6.07, 6.45) is 0. The lowest BCUT2D eigenvalue weighted by Gasteiger charge is -2.24. The van der Waals surface area contributed by atoms with Crippen molar-refractivity contribution in [3.63, 3.8) is 0 Å². The summed E-state index contributed by atoms with van der Waals surface area (Å²) >= 11 is 0. The van der Waals surface area contributed by atoms with Gasteiger partial charge < -0.3 is 14.8 Å². The molecule has 0 spiro atoms. The summed E-state index contributed by atoms with van der Waals surface area (Å²) in [5.74, 6) is -0.0633. The molecule has 44 heavy (non-hydrogen) atoms. The van der Waals surface area contributed by atoms with Gasteiger partial charge in [-0.15, -0.1) is 0 Å². The number of methoxy groups -OCH3 is 2. The molecule has 0 aliphatic rings. The van der Waals surface area contributed by atoms with Gasteiger partial charge in [-0.3, -0.25) is 13.8 Å². The lowest BCUT2D eigenvalue weighted by molar-refractivity contribution is -0.114. The second kappa shape index (κ2) is 12.7. The van der Waals surface area contributed by atoms with E-state index in [9.17, 15) is 21.6 Å². The van der Waals surface area contributed by atoms with E-state index >= 15 is 0 Å². The molecule has 0 aliphatic heterocycles. The van der Waals surface area contributed by atoms with E-state index < -0.39 is 32.5 Å². The molecule has 0 unspecified atom stereocenters. The predicted molar refractivity (Wildman–Crippen MR) is 170 cm³/mol. The first-order valence-electron chi connectivity index (χ1n) is 13.3. The van der Waals surface area contributed by atoms with E-state index in [0.717, 1.165) is 15.1 Å². The smallest absolute Gasteiger partial charge is 0.264 e. The third-order valence-electron chi connectivity index (χ3n) is 6.76. The van der Waals surface area contributed by atoms with Gasteiger partial charge in [-0.2, -0.15) is 0 Å². The summed E-state index contributed by atoms with van der Waals surface area (Å²) in [5, 5.41) is 4.30. The van der Waals surface area contributed by atoms with Gasteiger partial charge in [0.15, 0.2) is 11.5 Å². The monoisotopic (exact) mass is 631 g/mol. The van der Waals surface area contributed by atoms with Gasteiger partial charge in [-0.05, 0) is 60.0 Å². The van der Waals surface area contributed by atoms with Gasteiger partial charge in [0.05, 0.1) is 35.4 Å². The van der Waals surface area contributed by atoms with Crippen LogP contribution < -0.4 is 23.8 Å². The molecule has 12 heteroatoms. The number of nitrogens with one attached hydrogen (secondary N) is 2. The molecule has 0 radical (unpaired) electrons. The van der Waals surface area contributed by atoms with Crippen molar-refractivity contribution in [2.75, 3.05) is 35.1 Å². The van der Waals surface area contributed by atoms with E-state index in [1.54, 1.807) is 42.5 Å². The maximum absolute atomic E-state index is 13.8. The average Bonchev–Trinajstić information content (AvgIpc) is 3.04. The van der Waals surface area contributed by atoms with Crippen molar-refractivity contribution in [3.05, 3.63) is 115 Å². The maximum atomic E-state index is 13.8. The Kier molecular flexibility index (Phi) is 8.74. The number of anilines is 3. The lowest BCUT2D eigenvalue weighted by Crippen LogP contribution is -2.38. The Morgan fingerprint density at radius 3 is 2.05 bits per heavy atom. The van der Waals surface area contributed by atoms with Gasteiger partial charge >= 0.3 is 0 Å². The number of rotatable bonds is 11. The van der Waals surface area contributed by atoms with Crippen LogP contribution >= 0.6 is 0 Å². The number of ether oxygens (including phenoxy) is 2. The fourth-order valence-electron chi connectivity index (χ4n) is 4.58. The number of nitrogens with zero attached hydrogens (tertiary/aromatic N) is 1. The van der Waals surface area contributed by atoms with E-state index in [2.05, 4.69) is 10.0 Å². The minimum Gasteiger partial charge on any atom is -0.493 e. The van der Waals surface area contributed by atoms with E-state index in [1.807, 2.05) is 30.3 Å². The normalized spacial score (nSPS) is 11.5. The molecule has 5 aromatic carbocycles. The number of sulfonamides is 2. The molecule has 10 nitrogen and oxygen atoms in total. The van der Waals surface area contributed by atoms with Crippen LogP contribution in [0.2, 0.25) is 0 Å². The van der Waals surface area contributed by atoms with Gasteiger partial charge in [0.1, 0.15) is 6.54 Å². The third-order valence-corrected chi connectivity index (χ3v) is 9.91. The van der Waals surface area contributed by atoms with Crippen LogP contribution in [0.1, 0.15) is 0 Å². The largest absolute Gasteiger partial charge is 0.493 e. The van der Waals surface area contributed by atoms with Gasteiger partial charge in [0, 0.05) is 17.1 Å². The number of hydrogen-bond acceptors (Lipinski definition) is 7. The van der Waals surface area contributed by atoms with E-state index in [1.165, 1.54) is 56.7 Å². The van der Waals surface area contributed by atoms with Gasteiger partial charge in [-0.1, -0.05) is 54.6 Å². The number of para-hydroxylation sites is 1. The number of carbonyl (C=O) groups is 1. The molecular formula is C32H29N3O7S2. The minimum atomic E-state index is -4.22. The number of carbonyl (C=O) groups excluding carboxylic acids is 1. The highest BCUT2D eigenvalue weighted by Crippen LogP contribution is 2.32. The van der Waals surface area contributed by atoms with Crippen LogP contribution in [-0.4, -0.2) is 43.5 Å². The van der Waals surface area contributed by atoms with Crippen molar-refractivity contribution in [2.45, 2.75) is 9.79 Å². The molecule has 226 valence electrons. The number of fused-ring (bicyclic) bond motifs is 1. The van der Waals surface area contributed by atoms with Crippen LogP contribution in [-0.2, 0) is 24.8 Å². The summed E-state index contributed by atoms with van der Waals surface area (Å²) < 4.78 is 67.8. The topological polar surface area (TPSA) is 131 Å². The van der Waals surface area contributed by atoms with E-state index in [0.29, 0.717) is 11.4 Å². The van der Waals surface area contributed by atoms with Crippen LogP contribution in [0.15, 0.2) is 125 Å². The first kappa shape index (κ1) is 30.4. The molecule has 0 saturated heterocycles. The van der Waals surface area contributed by atoms with Crippen LogP contribution in [0, 0.1) is 0 Å². The zero-order valence-electron chi connectivity index (χ0n) is 23.8. The quantitative estimate of drug-likeness (QED) is 0.197. The van der Waals surface area contributed by atoms with Crippen LogP contribution in [0.3, 0.4) is 0 Å². The Balaban J connectivity index is 1.35.